The lowest BCUT2D eigenvalue weighted by Gasteiger charge is -2.17. The van der Waals surface area contributed by atoms with Gasteiger partial charge in [-0.15, -0.1) is 0 Å². The number of hydrogen-bond donors (Lipinski definition) is 0. The highest BCUT2D eigenvalue weighted by atomic mass is 35.5. The number of aromatic nitrogens is 1. The molecule has 1 amide bonds. The normalized spacial score (nSPS) is 11.2. The van der Waals surface area contributed by atoms with Gasteiger partial charge < -0.3 is 4.90 Å². The Morgan fingerprint density at radius 2 is 1.75 bits per heavy atom. The fourth-order valence-electron chi connectivity index (χ4n) is 2.79. The molecule has 0 saturated carbocycles. The number of nitrogens with zero attached hydrogens (tertiary/aromatic N) is 2. The smallest absolute Gasteiger partial charge is 0.253 e. The van der Waals surface area contributed by atoms with Crippen LogP contribution in [-0.4, -0.2) is 31.3 Å². The van der Waals surface area contributed by atoms with Gasteiger partial charge in [0, 0.05) is 25.4 Å². The van der Waals surface area contributed by atoms with Gasteiger partial charge in [-0.1, -0.05) is 48.0 Å². The molecule has 0 saturated heterocycles. The van der Waals surface area contributed by atoms with Crippen molar-refractivity contribution in [3.63, 3.8) is 0 Å². The molecular formula is C21H19ClN2O3S. The van der Waals surface area contributed by atoms with Crippen LogP contribution in [0.3, 0.4) is 0 Å². The fourth-order valence-corrected chi connectivity index (χ4v) is 4.26. The Morgan fingerprint density at radius 1 is 1.00 bits per heavy atom. The zero-order valence-corrected chi connectivity index (χ0v) is 16.8. The van der Waals surface area contributed by atoms with Crippen molar-refractivity contribution in [2.24, 2.45) is 0 Å². The Hall–Kier alpha value is -2.70. The lowest BCUT2D eigenvalue weighted by atomic mass is 10.1. The van der Waals surface area contributed by atoms with Crippen molar-refractivity contribution in [2.45, 2.75) is 17.2 Å². The fraction of sp³-hybridized carbons (Fsp3) is 0.143. The predicted molar refractivity (Wildman–Crippen MR) is 109 cm³/mol. The van der Waals surface area contributed by atoms with Crippen molar-refractivity contribution in [1.29, 1.82) is 0 Å². The van der Waals surface area contributed by atoms with Crippen LogP contribution in [0.2, 0.25) is 5.15 Å². The van der Waals surface area contributed by atoms with Crippen LogP contribution in [-0.2, 0) is 22.1 Å². The predicted octanol–water partition coefficient (Wildman–Crippen LogP) is 3.98. The summed E-state index contributed by atoms with van der Waals surface area (Å²) in [4.78, 5) is 18.6. The highest BCUT2D eigenvalue weighted by Crippen LogP contribution is 2.18. The van der Waals surface area contributed by atoms with Crippen molar-refractivity contribution in [3.8, 4) is 0 Å². The number of benzene rings is 2. The summed E-state index contributed by atoms with van der Waals surface area (Å²) in [6.07, 6.45) is 1.62. The van der Waals surface area contributed by atoms with E-state index < -0.39 is 9.84 Å². The van der Waals surface area contributed by atoms with Gasteiger partial charge in [-0.05, 0) is 41.5 Å². The standard InChI is InChI=1S/C21H19ClN2O3S/c1-24(14-17-10-11-20(22)23-13-17)21(25)18-7-5-6-16(12-18)15-28(26,27)19-8-3-2-4-9-19/h2-13H,14-15H2,1H3. The average molecular weight is 415 g/mol. The molecule has 0 aliphatic carbocycles. The van der Waals surface area contributed by atoms with Gasteiger partial charge in [0.25, 0.3) is 5.91 Å². The SMILES string of the molecule is CN(Cc1ccc(Cl)nc1)C(=O)c1cccc(CS(=O)(=O)c2ccccc2)c1. The van der Waals surface area contributed by atoms with E-state index in [1.165, 1.54) is 0 Å². The quantitative estimate of drug-likeness (QED) is 0.572. The highest BCUT2D eigenvalue weighted by molar-refractivity contribution is 7.90. The molecule has 7 heteroatoms. The Morgan fingerprint density at radius 3 is 2.43 bits per heavy atom. The molecule has 2 aromatic carbocycles. The topological polar surface area (TPSA) is 67.3 Å². The number of sulfone groups is 1. The first kappa shape index (κ1) is 20.0. The summed E-state index contributed by atoms with van der Waals surface area (Å²) in [7, 11) is -1.79. The van der Waals surface area contributed by atoms with Gasteiger partial charge in [0.05, 0.1) is 10.6 Å². The van der Waals surface area contributed by atoms with Crippen LogP contribution in [0.15, 0.2) is 77.8 Å². The monoisotopic (exact) mass is 414 g/mol. The Balaban J connectivity index is 1.75. The minimum absolute atomic E-state index is 0.164. The van der Waals surface area contributed by atoms with Crippen LogP contribution in [0.4, 0.5) is 0 Å². The van der Waals surface area contributed by atoms with E-state index in [1.54, 1.807) is 78.8 Å². The van der Waals surface area contributed by atoms with E-state index in [-0.39, 0.29) is 16.6 Å². The molecule has 0 bridgehead atoms. The zero-order valence-electron chi connectivity index (χ0n) is 15.2. The van der Waals surface area contributed by atoms with Gasteiger partial charge in [-0.3, -0.25) is 4.79 Å². The maximum absolute atomic E-state index is 12.7. The van der Waals surface area contributed by atoms with Crippen LogP contribution in [0.1, 0.15) is 21.5 Å². The van der Waals surface area contributed by atoms with E-state index in [2.05, 4.69) is 4.98 Å². The molecule has 0 aliphatic rings. The van der Waals surface area contributed by atoms with Crippen molar-refractivity contribution in [2.75, 3.05) is 7.05 Å². The molecule has 5 nitrogen and oxygen atoms in total. The number of pyridine rings is 1. The number of carbonyl (C=O) groups excluding carboxylic acids is 1. The Kier molecular flexibility index (Phi) is 6.11. The van der Waals surface area contributed by atoms with Crippen LogP contribution >= 0.6 is 11.6 Å². The first-order valence-corrected chi connectivity index (χ1v) is 10.6. The van der Waals surface area contributed by atoms with Gasteiger partial charge in [0.2, 0.25) is 0 Å². The van der Waals surface area contributed by atoms with E-state index in [0.29, 0.717) is 22.8 Å². The van der Waals surface area contributed by atoms with Crippen LogP contribution < -0.4 is 0 Å². The van der Waals surface area contributed by atoms with E-state index in [1.807, 2.05) is 6.07 Å². The van der Waals surface area contributed by atoms with Crippen molar-refractivity contribution in [3.05, 3.63) is 94.8 Å². The Labute approximate surface area is 169 Å². The van der Waals surface area contributed by atoms with Crippen molar-refractivity contribution < 1.29 is 13.2 Å². The highest BCUT2D eigenvalue weighted by Gasteiger charge is 2.17. The van der Waals surface area contributed by atoms with Gasteiger partial charge in [-0.2, -0.15) is 0 Å². The molecule has 0 N–H and O–H groups in total. The molecule has 0 aliphatic heterocycles. The summed E-state index contributed by atoms with van der Waals surface area (Å²) in [5.74, 6) is -0.364. The number of amides is 1. The van der Waals surface area contributed by atoms with Crippen molar-refractivity contribution >= 4 is 27.3 Å². The summed E-state index contributed by atoms with van der Waals surface area (Å²) in [5, 5.41) is 0.394. The van der Waals surface area contributed by atoms with E-state index in [4.69, 9.17) is 11.6 Å². The van der Waals surface area contributed by atoms with E-state index in [0.717, 1.165) is 5.56 Å². The van der Waals surface area contributed by atoms with E-state index in [9.17, 15) is 13.2 Å². The largest absolute Gasteiger partial charge is 0.337 e. The molecule has 28 heavy (non-hydrogen) atoms. The molecule has 0 atom stereocenters. The summed E-state index contributed by atoms with van der Waals surface area (Å²) in [6.45, 7) is 0.371. The molecule has 3 aromatic rings. The molecule has 0 spiro atoms. The third-order valence-corrected chi connectivity index (χ3v) is 6.12. The minimum atomic E-state index is -3.47. The second-order valence-electron chi connectivity index (χ2n) is 6.42. The summed E-state index contributed by atoms with van der Waals surface area (Å²) < 4.78 is 25.1. The van der Waals surface area contributed by atoms with Crippen LogP contribution in [0.25, 0.3) is 0 Å². The van der Waals surface area contributed by atoms with Crippen molar-refractivity contribution in [1.82, 2.24) is 9.88 Å². The van der Waals surface area contributed by atoms with E-state index >= 15 is 0 Å². The summed E-state index contributed by atoms with van der Waals surface area (Å²) >= 11 is 5.78. The molecule has 144 valence electrons. The molecule has 0 unspecified atom stereocenters. The van der Waals surface area contributed by atoms with Gasteiger partial charge in [0.1, 0.15) is 5.15 Å². The number of rotatable bonds is 6. The maximum Gasteiger partial charge on any atom is 0.253 e. The molecule has 1 heterocycles. The lowest BCUT2D eigenvalue weighted by Crippen LogP contribution is -2.26. The third-order valence-electron chi connectivity index (χ3n) is 4.19. The number of halogens is 1. The minimum Gasteiger partial charge on any atom is -0.337 e. The maximum atomic E-state index is 12.7. The molecule has 0 fully saturated rings. The second kappa shape index (κ2) is 8.54. The van der Waals surface area contributed by atoms with Gasteiger partial charge >= 0.3 is 0 Å². The second-order valence-corrected chi connectivity index (χ2v) is 8.80. The average Bonchev–Trinajstić information content (AvgIpc) is 2.69. The zero-order chi connectivity index (χ0) is 20.1. The first-order chi connectivity index (χ1) is 13.3. The summed E-state index contributed by atoms with van der Waals surface area (Å²) in [5.41, 5.74) is 1.85. The molecule has 1 aromatic heterocycles. The van der Waals surface area contributed by atoms with Gasteiger partial charge in [-0.25, -0.2) is 13.4 Å². The van der Waals surface area contributed by atoms with Gasteiger partial charge in [0.15, 0.2) is 9.84 Å². The molecule has 0 radical (unpaired) electrons. The lowest BCUT2D eigenvalue weighted by molar-refractivity contribution is 0.0785. The molecule has 3 rings (SSSR count). The Bertz CT molecular complexity index is 1070. The number of hydrogen-bond acceptors (Lipinski definition) is 4. The third kappa shape index (κ3) is 4.97. The first-order valence-electron chi connectivity index (χ1n) is 8.58. The summed E-state index contributed by atoms with van der Waals surface area (Å²) in [6, 6.07) is 18.5. The molecular weight excluding hydrogens is 396 g/mol. The number of carbonyl (C=O) groups is 1. The van der Waals surface area contributed by atoms with Crippen LogP contribution in [0, 0.1) is 0 Å². The van der Waals surface area contributed by atoms with Crippen LogP contribution in [0.5, 0.6) is 0 Å².